The Morgan fingerprint density at radius 3 is 2.78 bits per heavy atom. The topological polar surface area (TPSA) is 103 Å². The van der Waals surface area contributed by atoms with Crippen molar-refractivity contribution in [3.05, 3.63) is 29.2 Å². The maximum absolute atomic E-state index is 9.59. The summed E-state index contributed by atoms with van der Waals surface area (Å²) in [5.41, 5.74) is 11.0. The predicted octanol–water partition coefficient (Wildman–Crippen LogP) is 1.78. The highest BCUT2D eigenvalue weighted by molar-refractivity contribution is 5.78. The monoisotopic (exact) mass is 308 g/mol. The molecule has 0 bridgehead atoms. The number of H-pyrrole nitrogens is 1. The highest BCUT2D eigenvalue weighted by atomic mass is 15.1. The van der Waals surface area contributed by atoms with Gasteiger partial charge in [-0.05, 0) is 56.2 Å². The lowest BCUT2D eigenvalue weighted by Gasteiger charge is -2.42. The molecule has 2 aliphatic rings. The van der Waals surface area contributed by atoms with E-state index >= 15 is 0 Å². The van der Waals surface area contributed by atoms with Gasteiger partial charge in [0.05, 0.1) is 6.20 Å². The SMILES string of the molecule is N#Cc1c(N)nc2c(c1-c1cn[nH]c1)CC1(CCNCC1)CC2. The Labute approximate surface area is 135 Å². The molecule has 2 aromatic rings. The van der Waals surface area contributed by atoms with Crippen molar-refractivity contribution in [2.24, 2.45) is 5.41 Å². The number of aromatic amines is 1. The summed E-state index contributed by atoms with van der Waals surface area (Å²) in [5.74, 6) is 0.337. The first-order valence-electron chi connectivity index (χ1n) is 8.14. The van der Waals surface area contributed by atoms with Gasteiger partial charge in [-0.3, -0.25) is 5.10 Å². The summed E-state index contributed by atoms with van der Waals surface area (Å²) in [6.07, 6.45) is 9.04. The first kappa shape index (κ1) is 14.2. The van der Waals surface area contributed by atoms with E-state index in [1.807, 2.05) is 6.20 Å². The number of nitrogens with two attached hydrogens (primary N) is 1. The van der Waals surface area contributed by atoms with Crippen LogP contribution in [0.3, 0.4) is 0 Å². The number of hydrogen-bond acceptors (Lipinski definition) is 5. The van der Waals surface area contributed by atoms with Crippen molar-refractivity contribution in [3.8, 4) is 17.2 Å². The lowest BCUT2D eigenvalue weighted by molar-refractivity contribution is 0.173. The Balaban J connectivity index is 1.88. The van der Waals surface area contributed by atoms with Crippen LogP contribution in [0.2, 0.25) is 0 Å². The normalized spacial score (nSPS) is 19.3. The van der Waals surface area contributed by atoms with Gasteiger partial charge in [0, 0.05) is 23.0 Å². The Morgan fingerprint density at radius 1 is 1.26 bits per heavy atom. The van der Waals surface area contributed by atoms with Gasteiger partial charge in [-0.25, -0.2) is 4.98 Å². The zero-order chi connectivity index (χ0) is 15.9. The summed E-state index contributed by atoms with van der Waals surface area (Å²) >= 11 is 0. The van der Waals surface area contributed by atoms with E-state index in [-0.39, 0.29) is 0 Å². The Morgan fingerprint density at radius 2 is 2.09 bits per heavy atom. The smallest absolute Gasteiger partial charge is 0.142 e. The van der Waals surface area contributed by atoms with E-state index in [1.54, 1.807) is 6.20 Å². The van der Waals surface area contributed by atoms with Crippen molar-refractivity contribution in [1.82, 2.24) is 20.5 Å². The fraction of sp³-hybridized carbons (Fsp3) is 0.471. The van der Waals surface area contributed by atoms with E-state index in [2.05, 4.69) is 26.6 Å². The second-order valence-corrected chi connectivity index (χ2v) is 6.70. The summed E-state index contributed by atoms with van der Waals surface area (Å²) < 4.78 is 0. The molecular formula is C17H20N6. The predicted molar refractivity (Wildman–Crippen MR) is 87.5 cm³/mol. The zero-order valence-electron chi connectivity index (χ0n) is 13.0. The number of pyridine rings is 1. The number of aryl methyl sites for hydroxylation is 1. The van der Waals surface area contributed by atoms with Gasteiger partial charge < -0.3 is 11.1 Å². The third kappa shape index (κ3) is 2.28. The molecule has 3 heterocycles. The number of fused-ring (bicyclic) bond motifs is 1. The maximum atomic E-state index is 9.59. The van der Waals surface area contributed by atoms with Gasteiger partial charge in [-0.2, -0.15) is 10.4 Å². The van der Waals surface area contributed by atoms with Crippen LogP contribution in [0.4, 0.5) is 5.82 Å². The van der Waals surface area contributed by atoms with Gasteiger partial charge >= 0.3 is 0 Å². The van der Waals surface area contributed by atoms with Crippen LogP contribution >= 0.6 is 0 Å². The Hall–Kier alpha value is -2.39. The van der Waals surface area contributed by atoms with Crippen LogP contribution in [-0.2, 0) is 12.8 Å². The molecule has 0 radical (unpaired) electrons. The van der Waals surface area contributed by atoms with Crippen molar-refractivity contribution in [2.45, 2.75) is 32.1 Å². The first-order chi connectivity index (χ1) is 11.2. The molecule has 4 N–H and O–H groups in total. The fourth-order valence-corrected chi connectivity index (χ4v) is 4.14. The molecule has 6 heteroatoms. The maximum Gasteiger partial charge on any atom is 0.142 e. The van der Waals surface area contributed by atoms with Gasteiger partial charge in [0.15, 0.2) is 0 Å². The summed E-state index contributed by atoms with van der Waals surface area (Å²) in [7, 11) is 0. The molecule has 0 unspecified atom stereocenters. The summed E-state index contributed by atoms with van der Waals surface area (Å²) in [6.45, 7) is 2.15. The highest BCUT2D eigenvalue weighted by Crippen LogP contribution is 2.45. The van der Waals surface area contributed by atoms with Crippen LogP contribution in [0.15, 0.2) is 12.4 Å². The molecule has 4 rings (SSSR count). The average Bonchev–Trinajstić information content (AvgIpc) is 3.09. The molecule has 1 aliphatic carbocycles. The van der Waals surface area contributed by atoms with E-state index < -0.39 is 0 Å². The van der Waals surface area contributed by atoms with E-state index in [9.17, 15) is 5.26 Å². The lowest BCUT2D eigenvalue weighted by atomic mass is 9.66. The molecule has 1 spiro atoms. The van der Waals surface area contributed by atoms with E-state index in [0.717, 1.165) is 49.2 Å². The molecule has 0 aromatic carbocycles. The third-order valence-corrected chi connectivity index (χ3v) is 5.42. The van der Waals surface area contributed by atoms with Crippen LogP contribution in [0.25, 0.3) is 11.1 Å². The van der Waals surface area contributed by atoms with E-state index in [0.29, 0.717) is 16.8 Å². The number of hydrogen-bond donors (Lipinski definition) is 3. The van der Waals surface area contributed by atoms with E-state index in [4.69, 9.17) is 5.73 Å². The van der Waals surface area contributed by atoms with Gasteiger partial charge in [-0.15, -0.1) is 0 Å². The molecular weight excluding hydrogens is 288 g/mol. The minimum Gasteiger partial charge on any atom is -0.383 e. The van der Waals surface area contributed by atoms with Crippen LogP contribution in [0.1, 0.15) is 36.1 Å². The molecule has 23 heavy (non-hydrogen) atoms. The molecule has 0 saturated carbocycles. The van der Waals surface area contributed by atoms with Crippen LogP contribution in [-0.4, -0.2) is 28.3 Å². The number of anilines is 1. The van der Waals surface area contributed by atoms with Gasteiger partial charge in [0.2, 0.25) is 0 Å². The van der Waals surface area contributed by atoms with Gasteiger partial charge in [-0.1, -0.05) is 0 Å². The summed E-state index contributed by atoms with van der Waals surface area (Å²) in [5, 5.41) is 19.9. The van der Waals surface area contributed by atoms with Crippen LogP contribution in [0, 0.1) is 16.7 Å². The van der Waals surface area contributed by atoms with Crippen molar-refractivity contribution >= 4 is 5.82 Å². The number of aromatic nitrogens is 3. The third-order valence-electron chi connectivity index (χ3n) is 5.42. The molecule has 1 fully saturated rings. The van der Waals surface area contributed by atoms with Crippen molar-refractivity contribution < 1.29 is 0 Å². The standard InChI is InChI=1S/C17H20N6/c18-8-13-15(11-9-21-22-10-11)12-7-17(3-5-20-6-4-17)2-1-14(12)23-16(13)19/h9-10,20H,1-7H2,(H2,19,23)(H,21,22). The summed E-state index contributed by atoms with van der Waals surface area (Å²) in [6, 6.07) is 2.25. The van der Waals surface area contributed by atoms with Crippen molar-refractivity contribution in [1.29, 1.82) is 5.26 Å². The van der Waals surface area contributed by atoms with Gasteiger partial charge in [0.25, 0.3) is 0 Å². The largest absolute Gasteiger partial charge is 0.383 e. The molecule has 118 valence electrons. The van der Waals surface area contributed by atoms with E-state index in [1.165, 1.54) is 18.4 Å². The number of nitrogens with one attached hydrogen (secondary N) is 2. The molecule has 0 amide bonds. The molecule has 0 atom stereocenters. The van der Waals surface area contributed by atoms with Gasteiger partial charge in [0.1, 0.15) is 17.5 Å². The number of nitrogen functional groups attached to an aromatic ring is 1. The average molecular weight is 308 g/mol. The summed E-state index contributed by atoms with van der Waals surface area (Å²) in [4.78, 5) is 4.54. The second-order valence-electron chi connectivity index (χ2n) is 6.70. The minimum atomic E-state index is 0.335. The highest BCUT2D eigenvalue weighted by Gasteiger charge is 2.38. The Kier molecular flexibility index (Phi) is 3.31. The Bertz CT molecular complexity index is 765. The molecule has 1 aliphatic heterocycles. The zero-order valence-corrected chi connectivity index (χ0v) is 13.0. The number of nitrogens with zero attached hydrogens (tertiary/aromatic N) is 3. The molecule has 1 saturated heterocycles. The fourth-order valence-electron chi connectivity index (χ4n) is 4.14. The number of rotatable bonds is 1. The van der Waals surface area contributed by atoms with Crippen LogP contribution in [0.5, 0.6) is 0 Å². The quantitative estimate of drug-likeness (QED) is 0.745. The minimum absolute atomic E-state index is 0.335. The second kappa shape index (κ2) is 5.36. The van der Waals surface area contributed by atoms with Crippen LogP contribution < -0.4 is 11.1 Å². The molecule has 6 nitrogen and oxygen atoms in total. The van der Waals surface area contributed by atoms with Crippen molar-refractivity contribution in [2.75, 3.05) is 18.8 Å². The number of nitriles is 1. The van der Waals surface area contributed by atoms with Crippen molar-refractivity contribution in [3.63, 3.8) is 0 Å². The first-order valence-corrected chi connectivity index (χ1v) is 8.14. The number of piperidine rings is 1. The lowest BCUT2D eigenvalue weighted by Crippen LogP contribution is -2.40. The molecule has 2 aromatic heterocycles.